The number of aromatic nitrogens is 3. The maximum atomic E-state index is 10.2. The minimum atomic E-state index is -0.708. The van der Waals surface area contributed by atoms with Crippen molar-refractivity contribution < 1.29 is 14.6 Å². The number of nitrogens with zero attached hydrogens (tertiary/aromatic N) is 3. The first-order chi connectivity index (χ1) is 11.8. The smallest absolute Gasteiger partial charge is 0.161 e. The van der Waals surface area contributed by atoms with Crippen molar-refractivity contribution in [2.75, 3.05) is 13.7 Å². The summed E-state index contributed by atoms with van der Waals surface area (Å²) in [6.07, 6.45) is 1.10. The monoisotopic (exact) mass is 325 g/mol. The van der Waals surface area contributed by atoms with E-state index < -0.39 is 6.10 Å². The molecular formula is C18H19N3O3. The fraction of sp³-hybridized carbons (Fsp3) is 0.222. The van der Waals surface area contributed by atoms with Crippen molar-refractivity contribution >= 4 is 0 Å². The van der Waals surface area contributed by atoms with E-state index in [0.717, 1.165) is 11.3 Å². The molecule has 0 aliphatic rings. The number of para-hydroxylation sites is 2. The highest BCUT2D eigenvalue weighted by atomic mass is 16.5. The van der Waals surface area contributed by atoms with Crippen LogP contribution in [0.3, 0.4) is 0 Å². The number of rotatable bonds is 7. The zero-order valence-electron chi connectivity index (χ0n) is 13.4. The summed E-state index contributed by atoms with van der Waals surface area (Å²) >= 11 is 0. The van der Waals surface area contributed by atoms with Gasteiger partial charge in [-0.05, 0) is 12.1 Å². The fourth-order valence-corrected chi connectivity index (χ4v) is 2.32. The maximum absolute atomic E-state index is 10.2. The molecule has 3 rings (SSSR count). The number of hydrogen-bond donors (Lipinski definition) is 1. The van der Waals surface area contributed by atoms with Gasteiger partial charge < -0.3 is 14.6 Å². The van der Waals surface area contributed by atoms with E-state index in [9.17, 15) is 5.11 Å². The van der Waals surface area contributed by atoms with Gasteiger partial charge in [0.15, 0.2) is 11.5 Å². The second-order valence-corrected chi connectivity index (χ2v) is 5.31. The number of aliphatic hydroxyl groups is 1. The summed E-state index contributed by atoms with van der Waals surface area (Å²) < 4.78 is 12.4. The lowest BCUT2D eigenvalue weighted by Gasteiger charge is -2.14. The Hall–Kier alpha value is -2.86. The van der Waals surface area contributed by atoms with Crippen LogP contribution in [0.4, 0.5) is 0 Å². The van der Waals surface area contributed by atoms with Crippen LogP contribution in [-0.2, 0) is 6.54 Å². The molecule has 24 heavy (non-hydrogen) atoms. The summed E-state index contributed by atoms with van der Waals surface area (Å²) in [5.41, 5.74) is 1.76. The highest BCUT2D eigenvalue weighted by Gasteiger charge is 2.11. The van der Waals surface area contributed by atoms with Gasteiger partial charge in [-0.25, -0.2) is 4.68 Å². The SMILES string of the molecule is COc1ccccc1OCC(O)Cn1cc(-c2ccccc2)nn1. The normalized spacial score (nSPS) is 11.9. The molecule has 1 aromatic heterocycles. The Morgan fingerprint density at radius 2 is 1.75 bits per heavy atom. The molecule has 3 aromatic rings. The molecular weight excluding hydrogens is 306 g/mol. The lowest BCUT2D eigenvalue weighted by molar-refractivity contribution is 0.0874. The summed E-state index contributed by atoms with van der Waals surface area (Å²) in [5, 5.41) is 18.3. The van der Waals surface area contributed by atoms with Gasteiger partial charge in [0.1, 0.15) is 18.4 Å². The van der Waals surface area contributed by atoms with Gasteiger partial charge in [0, 0.05) is 5.56 Å². The van der Waals surface area contributed by atoms with Crippen molar-refractivity contribution in [2.24, 2.45) is 0 Å². The van der Waals surface area contributed by atoms with Crippen molar-refractivity contribution in [1.82, 2.24) is 15.0 Å². The molecule has 0 aliphatic carbocycles. The molecule has 1 heterocycles. The van der Waals surface area contributed by atoms with E-state index in [4.69, 9.17) is 9.47 Å². The quantitative estimate of drug-likeness (QED) is 0.722. The molecule has 2 aromatic carbocycles. The summed E-state index contributed by atoms with van der Waals surface area (Å²) in [7, 11) is 1.58. The predicted molar refractivity (Wildman–Crippen MR) is 90.0 cm³/mol. The van der Waals surface area contributed by atoms with Crippen molar-refractivity contribution in [3.05, 3.63) is 60.8 Å². The Balaban J connectivity index is 1.57. The van der Waals surface area contributed by atoms with Crippen LogP contribution in [0, 0.1) is 0 Å². The minimum Gasteiger partial charge on any atom is -0.493 e. The standard InChI is InChI=1S/C18H19N3O3/c1-23-17-9-5-6-10-18(17)24-13-15(22)11-21-12-16(19-20-21)14-7-3-2-4-8-14/h2-10,12,15,22H,11,13H2,1H3. The lowest BCUT2D eigenvalue weighted by Crippen LogP contribution is -2.24. The number of benzene rings is 2. The van der Waals surface area contributed by atoms with Gasteiger partial charge in [-0.1, -0.05) is 47.7 Å². The highest BCUT2D eigenvalue weighted by molar-refractivity contribution is 5.57. The Kier molecular flexibility index (Phi) is 5.08. The molecule has 0 amide bonds. The summed E-state index contributed by atoms with van der Waals surface area (Å²) in [4.78, 5) is 0. The van der Waals surface area contributed by atoms with Gasteiger partial charge in [0.25, 0.3) is 0 Å². The number of ether oxygens (including phenoxy) is 2. The predicted octanol–water partition coefficient (Wildman–Crippen LogP) is 2.39. The Morgan fingerprint density at radius 3 is 2.50 bits per heavy atom. The Morgan fingerprint density at radius 1 is 1.04 bits per heavy atom. The molecule has 0 bridgehead atoms. The van der Waals surface area contributed by atoms with Crippen molar-refractivity contribution in [3.63, 3.8) is 0 Å². The van der Waals surface area contributed by atoms with E-state index in [1.807, 2.05) is 54.7 Å². The van der Waals surface area contributed by atoms with Crippen molar-refractivity contribution in [2.45, 2.75) is 12.6 Å². The van der Waals surface area contributed by atoms with Crippen LogP contribution in [0.1, 0.15) is 0 Å². The van der Waals surface area contributed by atoms with Crippen LogP contribution < -0.4 is 9.47 Å². The second kappa shape index (κ2) is 7.61. The highest BCUT2D eigenvalue weighted by Crippen LogP contribution is 2.25. The molecule has 1 N–H and O–H groups in total. The molecule has 0 fully saturated rings. The van der Waals surface area contributed by atoms with E-state index in [1.54, 1.807) is 17.9 Å². The molecule has 0 radical (unpaired) electrons. The summed E-state index contributed by atoms with van der Waals surface area (Å²) in [6.45, 7) is 0.440. The summed E-state index contributed by atoms with van der Waals surface area (Å²) in [6, 6.07) is 17.1. The van der Waals surface area contributed by atoms with Gasteiger partial charge in [-0.2, -0.15) is 0 Å². The van der Waals surface area contributed by atoms with E-state index in [2.05, 4.69) is 10.3 Å². The third-order valence-electron chi connectivity index (χ3n) is 3.51. The van der Waals surface area contributed by atoms with Gasteiger partial charge in [0.2, 0.25) is 0 Å². The van der Waals surface area contributed by atoms with Crippen LogP contribution in [0.2, 0.25) is 0 Å². The average molecular weight is 325 g/mol. The molecule has 124 valence electrons. The zero-order chi connectivity index (χ0) is 16.8. The summed E-state index contributed by atoms with van der Waals surface area (Å²) in [5.74, 6) is 1.24. The van der Waals surface area contributed by atoms with Crippen LogP contribution in [0.15, 0.2) is 60.8 Å². The molecule has 0 aliphatic heterocycles. The Bertz CT molecular complexity index is 774. The van der Waals surface area contributed by atoms with Gasteiger partial charge >= 0.3 is 0 Å². The fourth-order valence-electron chi connectivity index (χ4n) is 2.32. The van der Waals surface area contributed by atoms with Gasteiger partial charge in [-0.15, -0.1) is 5.10 Å². The first-order valence-electron chi connectivity index (χ1n) is 7.65. The van der Waals surface area contributed by atoms with E-state index in [0.29, 0.717) is 18.0 Å². The second-order valence-electron chi connectivity index (χ2n) is 5.31. The largest absolute Gasteiger partial charge is 0.493 e. The third-order valence-corrected chi connectivity index (χ3v) is 3.51. The van der Waals surface area contributed by atoms with E-state index in [1.165, 1.54) is 0 Å². The zero-order valence-corrected chi connectivity index (χ0v) is 13.4. The van der Waals surface area contributed by atoms with E-state index >= 15 is 0 Å². The number of hydrogen-bond acceptors (Lipinski definition) is 5. The average Bonchev–Trinajstić information content (AvgIpc) is 3.09. The lowest BCUT2D eigenvalue weighted by atomic mass is 10.2. The van der Waals surface area contributed by atoms with Gasteiger partial charge in [0.05, 0.1) is 19.9 Å². The minimum absolute atomic E-state index is 0.140. The van der Waals surface area contributed by atoms with Crippen molar-refractivity contribution in [3.8, 4) is 22.8 Å². The third kappa shape index (κ3) is 3.91. The topological polar surface area (TPSA) is 69.4 Å². The molecule has 6 heteroatoms. The number of methoxy groups -OCH3 is 1. The first kappa shape index (κ1) is 16.0. The van der Waals surface area contributed by atoms with E-state index in [-0.39, 0.29) is 6.61 Å². The van der Waals surface area contributed by atoms with Crippen molar-refractivity contribution in [1.29, 1.82) is 0 Å². The Labute approximate surface area is 140 Å². The van der Waals surface area contributed by atoms with Gasteiger partial charge in [-0.3, -0.25) is 0 Å². The molecule has 0 saturated heterocycles. The molecule has 1 atom stereocenters. The van der Waals surface area contributed by atoms with Crippen LogP contribution in [0.25, 0.3) is 11.3 Å². The maximum Gasteiger partial charge on any atom is 0.161 e. The molecule has 1 unspecified atom stereocenters. The molecule has 6 nitrogen and oxygen atoms in total. The van der Waals surface area contributed by atoms with Crippen LogP contribution >= 0.6 is 0 Å². The molecule has 0 spiro atoms. The van der Waals surface area contributed by atoms with Crippen LogP contribution in [-0.4, -0.2) is 39.9 Å². The molecule has 0 saturated carbocycles. The first-order valence-corrected chi connectivity index (χ1v) is 7.65. The number of aliphatic hydroxyl groups excluding tert-OH is 1. The van der Waals surface area contributed by atoms with Crippen LogP contribution in [0.5, 0.6) is 11.5 Å².